The minimum absolute atomic E-state index is 0.0878. The first kappa shape index (κ1) is 18.4. The van der Waals surface area contributed by atoms with E-state index in [-0.39, 0.29) is 11.9 Å². The molecular weight excluding hydrogens is 367 g/mol. The molecule has 2 atom stereocenters. The van der Waals surface area contributed by atoms with Crippen molar-refractivity contribution in [3.8, 4) is 11.5 Å². The third kappa shape index (κ3) is 3.14. The van der Waals surface area contributed by atoms with Crippen LogP contribution in [0.4, 0.5) is 10.1 Å². The molecule has 2 aliphatic rings. The van der Waals surface area contributed by atoms with Gasteiger partial charge < -0.3 is 9.47 Å². The molecule has 0 fully saturated rings. The highest BCUT2D eigenvalue weighted by molar-refractivity contribution is 5.88. The maximum Gasteiger partial charge on any atom is 0.182 e. The smallest absolute Gasteiger partial charge is 0.182 e. The second kappa shape index (κ2) is 6.99. The first-order valence-corrected chi connectivity index (χ1v) is 10.4. The van der Waals surface area contributed by atoms with Gasteiger partial charge in [-0.15, -0.1) is 0 Å². The van der Waals surface area contributed by atoms with Gasteiger partial charge in [0.05, 0.1) is 18.6 Å². The largest absolute Gasteiger partial charge is 0.486 e. The number of quaternary nitrogens is 1. The minimum atomic E-state index is -0.164. The predicted molar refractivity (Wildman–Crippen MR) is 113 cm³/mol. The van der Waals surface area contributed by atoms with Gasteiger partial charge in [0.15, 0.2) is 17.6 Å². The molecule has 0 N–H and O–H groups in total. The van der Waals surface area contributed by atoms with Crippen molar-refractivity contribution in [2.45, 2.75) is 32.8 Å². The molecule has 2 aromatic carbocycles. The van der Waals surface area contributed by atoms with Gasteiger partial charge in [-0.25, -0.2) is 4.39 Å². The lowest BCUT2D eigenvalue weighted by Gasteiger charge is -2.38. The fourth-order valence-electron chi connectivity index (χ4n) is 4.94. The van der Waals surface area contributed by atoms with Gasteiger partial charge in [0.1, 0.15) is 24.7 Å². The van der Waals surface area contributed by atoms with Crippen molar-refractivity contribution in [2.75, 3.05) is 26.2 Å². The lowest BCUT2D eigenvalue weighted by atomic mass is 10.1. The Morgan fingerprint density at radius 3 is 2.93 bits per heavy atom. The first-order valence-electron chi connectivity index (χ1n) is 10.4. The molecule has 5 heteroatoms. The number of aryl methyl sites for hydroxylation is 1. The van der Waals surface area contributed by atoms with Crippen LogP contribution in [0, 0.1) is 12.7 Å². The lowest BCUT2D eigenvalue weighted by molar-refractivity contribution is 0.0643. The van der Waals surface area contributed by atoms with E-state index >= 15 is 0 Å². The Labute approximate surface area is 170 Å². The Hall–Kier alpha value is -2.66. The average molecular weight is 393 g/mol. The highest BCUT2D eigenvalue weighted by Crippen LogP contribution is 2.41. The van der Waals surface area contributed by atoms with Gasteiger partial charge in [0, 0.05) is 29.1 Å². The normalized spacial score (nSPS) is 22.7. The number of hydrogen-bond donors (Lipinski definition) is 0. The van der Waals surface area contributed by atoms with E-state index in [0.717, 1.165) is 70.7 Å². The summed E-state index contributed by atoms with van der Waals surface area (Å²) in [6.45, 7) is 7.41. The van der Waals surface area contributed by atoms with Crippen LogP contribution in [0.25, 0.3) is 10.9 Å². The summed E-state index contributed by atoms with van der Waals surface area (Å²) in [5.41, 5.74) is 4.26. The van der Waals surface area contributed by atoms with Crippen molar-refractivity contribution in [2.24, 2.45) is 0 Å². The van der Waals surface area contributed by atoms with E-state index < -0.39 is 0 Å². The standard InChI is InChI=1S/C24H26FN2O2/c1-3-11-27(12-10-17-5-6-18(25)13-22(17)27)14-19-15-28-23-9-8-21-20(24(23)29-19)7-4-16(2)26-21/h4-9,13,19H,3,10-12,14-15H2,1-2H3/q+1. The van der Waals surface area contributed by atoms with Crippen molar-refractivity contribution in [1.29, 1.82) is 0 Å². The van der Waals surface area contributed by atoms with Crippen LogP contribution in [0.3, 0.4) is 0 Å². The summed E-state index contributed by atoms with van der Waals surface area (Å²) in [6, 6.07) is 13.2. The SMILES string of the molecule is CCC[N+]1(CC2COc3ccc4nc(C)ccc4c3O2)CCc2ccc(F)cc21. The molecule has 0 saturated carbocycles. The van der Waals surface area contributed by atoms with Crippen molar-refractivity contribution < 1.29 is 13.9 Å². The second-order valence-corrected chi connectivity index (χ2v) is 8.26. The highest BCUT2D eigenvalue weighted by atomic mass is 19.1. The third-order valence-corrected chi connectivity index (χ3v) is 6.21. The van der Waals surface area contributed by atoms with Gasteiger partial charge in [-0.3, -0.25) is 9.47 Å². The topological polar surface area (TPSA) is 31.4 Å². The fraction of sp³-hybridized carbons (Fsp3) is 0.375. The van der Waals surface area contributed by atoms with Gasteiger partial charge in [0.25, 0.3) is 0 Å². The van der Waals surface area contributed by atoms with E-state index in [2.05, 4.69) is 18.0 Å². The average Bonchev–Trinajstić information content (AvgIpc) is 3.05. The van der Waals surface area contributed by atoms with Gasteiger partial charge in [0.2, 0.25) is 0 Å². The summed E-state index contributed by atoms with van der Waals surface area (Å²) in [5, 5.41) is 0.979. The number of aromatic nitrogens is 1. The molecular formula is C24H26FN2O2+. The molecule has 3 aromatic rings. The molecule has 0 aliphatic carbocycles. The molecule has 0 saturated heterocycles. The maximum atomic E-state index is 14.1. The van der Waals surface area contributed by atoms with Crippen molar-refractivity contribution >= 4 is 16.6 Å². The van der Waals surface area contributed by atoms with Crippen molar-refractivity contribution in [3.05, 3.63) is 59.5 Å². The number of benzene rings is 2. The summed E-state index contributed by atoms with van der Waals surface area (Å²) in [6.07, 6.45) is 1.92. The Kier molecular flexibility index (Phi) is 4.43. The van der Waals surface area contributed by atoms with Crippen LogP contribution in [0.1, 0.15) is 24.6 Å². The van der Waals surface area contributed by atoms with E-state index in [1.54, 1.807) is 12.1 Å². The van der Waals surface area contributed by atoms with Crippen LogP contribution in [0.15, 0.2) is 42.5 Å². The molecule has 0 bridgehead atoms. The molecule has 3 heterocycles. The molecule has 2 unspecified atom stereocenters. The summed E-state index contributed by atoms with van der Waals surface area (Å²) >= 11 is 0. The number of ether oxygens (including phenoxy) is 2. The molecule has 150 valence electrons. The molecule has 0 amide bonds. The zero-order valence-electron chi connectivity index (χ0n) is 17.0. The van der Waals surface area contributed by atoms with E-state index in [9.17, 15) is 4.39 Å². The monoisotopic (exact) mass is 393 g/mol. The van der Waals surface area contributed by atoms with Crippen LogP contribution < -0.4 is 14.0 Å². The van der Waals surface area contributed by atoms with Gasteiger partial charge in [-0.2, -0.15) is 0 Å². The van der Waals surface area contributed by atoms with E-state index in [4.69, 9.17) is 9.47 Å². The molecule has 1 aromatic heterocycles. The fourth-order valence-corrected chi connectivity index (χ4v) is 4.94. The number of halogens is 1. The van der Waals surface area contributed by atoms with Crippen LogP contribution >= 0.6 is 0 Å². The Balaban J connectivity index is 1.48. The van der Waals surface area contributed by atoms with Gasteiger partial charge in [-0.1, -0.05) is 6.92 Å². The van der Waals surface area contributed by atoms with E-state index in [0.29, 0.717) is 6.61 Å². The number of fused-ring (bicyclic) bond motifs is 4. The van der Waals surface area contributed by atoms with Crippen LogP contribution in [0.2, 0.25) is 0 Å². The highest BCUT2D eigenvalue weighted by Gasteiger charge is 2.41. The molecule has 4 nitrogen and oxygen atoms in total. The van der Waals surface area contributed by atoms with E-state index in [1.165, 1.54) is 5.56 Å². The molecule has 0 spiro atoms. The van der Waals surface area contributed by atoms with Crippen molar-refractivity contribution in [1.82, 2.24) is 9.47 Å². The molecule has 2 aliphatic heterocycles. The number of pyridine rings is 1. The van der Waals surface area contributed by atoms with E-state index in [1.807, 2.05) is 31.2 Å². The van der Waals surface area contributed by atoms with Crippen molar-refractivity contribution in [3.63, 3.8) is 0 Å². The Morgan fingerprint density at radius 1 is 1.17 bits per heavy atom. The number of hydrogen-bond acceptors (Lipinski definition) is 3. The molecule has 5 rings (SSSR count). The zero-order valence-corrected chi connectivity index (χ0v) is 17.0. The minimum Gasteiger partial charge on any atom is -0.486 e. The maximum absolute atomic E-state index is 14.1. The third-order valence-electron chi connectivity index (χ3n) is 6.21. The van der Waals surface area contributed by atoms with Crippen LogP contribution in [-0.2, 0) is 6.42 Å². The van der Waals surface area contributed by atoms with Gasteiger partial charge in [-0.05, 0) is 49.7 Å². The quantitative estimate of drug-likeness (QED) is 0.597. The summed E-state index contributed by atoms with van der Waals surface area (Å²) in [7, 11) is 0. The van der Waals surface area contributed by atoms with Crippen LogP contribution in [-0.4, -0.2) is 37.3 Å². The Bertz CT molecular complexity index is 1080. The number of rotatable bonds is 4. The Morgan fingerprint density at radius 2 is 2.07 bits per heavy atom. The zero-order chi connectivity index (χ0) is 20.0. The first-order chi connectivity index (χ1) is 14.1. The van der Waals surface area contributed by atoms with Gasteiger partial charge >= 0.3 is 0 Å². The molecule has 0 radical (unpaired) electrons. The summed E-state index contributed by atoms with van der Waals surface area (Å²) in [4.78, 5) is 4.61. The summed E-state index contributed by atoms with van der Waals surface area (Å²) in [5.74, 6) is 1.39. The number of nitrogens with zero attached hydrogens (tertiary/aromatic N) is 2. The lowest BCUT2D eigenvalue weighted by Crippen LogP contribution is -2.55. The molecule has 29 heavy (non-hydrogen) atoms. The summed E-state index contributed by atoms with van der Waals surface area (Å²) < 4.78 is 27.4. The predicted octanol–water partition coefficient (Wildman–Crippen LogP) is 4.80. The second-order valence-electron chi connectivity index (χ2n) is 8.26. The van der Waals surface area contributed by atoms with Crippen LogP contribution in [0.5, 0.6) is 11.5 Å².